The topological polar surface area (TPSA) is 18.5 Å². The Hall–Kier alpha value is -1.24. The quantitative estimate of drug-likeness (QED) is 0.162. The van der Waals surface area contributed by atoms with Gasteiger partial charge < -0.3 is 9.16 Å². The fraction of sp³-hybridized carbons (Fsp3) is 0.619. The number of hydrogen-bond acceptors (Lipinski definition) is 2. The van der Waals surface area contributed by atoms with Gasteiger partial charge >= 0.3 is 0 Å². The summed E-state index contributed by atoms with van der Waals surface area (Å²) in [6, 6.07) is 0. The molecule has 0 aliphatic heterocycles. The van der Waals surface area contributed by atoms with Crippen LogP contribution in [-0.2, 0) is 9.16 Å². The average molecular weight is 349 g/mol. The first kappa shape index (κ1) is 22.8. The van der Waals surface area contributed by atoms with Crippen molar-refractivity contribution in [1.82, 2.24) is 0 Å². The Balaban J connectivity index is 4.34. The predicted molar refractivity (Wildman–Crippen MR) is 108 cm³/mol. The van der Waals surface area contributed by atoms with Crippen molar-refractivity contribution in [2.24, 2.45) is 0 Å². The van der Waals surface area contributed by atoms with Gasteiger partial charge in [-0.2, -0.15) is 0 Å². The Morgan fingerprint density at radius 1 is 1.04 bits per heavy atom. The van der Waals surface area contributed by atoms with Crippen LogP contribution in [0.5, 0.6) is 0 Å². The van der Waals surface area contributed by atoms with Crippen LogP contribution in [0.2, 0.25) is 19.6 Å². The van der Waals surface area contributed by atoms with Crippen molar-refractivity contribution in [2.45, 2.75) is 79.1 Å². The van der Waals surface area contributed by atoms with E-state index in [2.05, 4.69) is 64.4 Å². The van der Waals surface area contributed by atoms with E-state index in [0.717, 1.165) is 31.4 Å². The zero-order valence-corrected chi connectivity index (χ0v) is 18.0. The second-order valence-corrected chi connectivity index (χ2v) is 11.8. The molecule has 0 bridgehead atoms. The van der Waals surface area contributed by atoms with E-state index in [0.29, 0.717) is 0 Å². The molecule has 0 aliphatic rings. The molecule has 3 heteroatoms. The molecule has 0 fully saturated rings. The molecule has 0 rings (SSSR count). The minimum atomic E-state index is -1.56. The smallest absolute Gasteiger partial charge is 0.241 e. The molecule has 0 radical (unpaired) electrons. The summed E-state index contributed by atoms with van der Waals surface area (Å²) >= 11 is 0. The van der Waals surface area contributed by atoms with Crippen LogP contribution in [0, 0.1) is 11.8 Å². The van der Waals surface area contributed by atoms with Crippen LogP contribution in [0.25, 0.3) is 0 Å². The first-order valence-electron chi connectivity index (χ1n) is 8.81. The number of ether oxygens (including phenoxy) is 1. The molecule has 0 amide bonds. The Bertz CT molecular complexity index is 506. The molecule has 0 spiro atoms. The lowest BCUT2D eigenvalue weighted by Gasteiger charge is -2.20. The Morgan fingerprint density at radius 2 is 1.71 bits per heavy atom. The molecule has 1 unspecified atom stereocenters. The minimum absolute atomic E-state index is 0.191. The lowest BCUT2D eigenvalue weighted by atomic mass is 10.1. The standard InChI is InChI=1S/C21H36O2Si/c1-18(2)13-12-15-19(3)14-10-9-11-16-21(22-5)17-20(4)23-24(6,7)8/h13-14,17,21H,9-10,12,15H2,1-8H3/b19-14+,20-17+. The average Bonchev–Trinajstić information content (AvgIpc) is 2.43. The normalized spacial score (nSPS) is 13.8. The highest BCUT2D eigenvalue weighted by Crippen LogP contribution is 2.11. The van der Waals surface area contributed by atoms with Crippen molar-refractivity contribution in [2.75, 3.05) is 7.11 Å². The molecule has 2 nitrogen and oxygen atoms in total. The minimum Gasteiger partial charge on any atom is -0.548 e. The van der Waals surface area contributed by atoms with Gasteiger partial charge in [-0.3, -0.25) is 0 Å². The highest BCUT2D eigenvalue weighted by molar-refractivity contribution is 6.70. The van der Waals surface area contributed by atoms with Crippen LogP contribution in [0.15, 0.2) is 35.1 Å². The van der Waals surface area contributed by atoms with E-state index < -0.39 is 8.32 Å². The summed E-state index contributed by atoms with van der Waals surface area (Å²) in [6.45, 7) is 15.0. The van der Waals surface area contributed by atoms with Crippen LogP contribution in [-0.4, -0.2) is 21.5 Å². The number of rotatable bonds is 9. The maximum absolute atomic E-state index is 5.92. The third-order valence-corrected chi connectivity index (χ3v) is 4.14. The van der Waals surface area contributed by atoms with E-state index >= 15 is 0 Å². The summed E-state index contributed by atoms with van der Waals surface area (Å²) in [5.41, 5.74) is 2.83. The first-order valence-corrected chi connectivity index (χ1v) is 12.2. The molecule has 136 valence electrons. The highest BCUT2D eigenvalue weighted by Gasteiger charge is 2.16. The SMILES string of the molecule is COC(C#CCC/C=C(\C)CCC=C(C)C)/C=C(\C)O[Si](C)(C)C. The lowest BCUT2D eigenvalue weighted by Crippen LogP contribution is -2.24. The van der Waals surface area contributed by atoms with Gasteiger partial charge in [0.15, 0.2) is 0 Å². The monoisotopic (exact) mass is 348 g/mol. The maximum atomic E-state index is 5.92. The molecular formula is C21H36O2Si. The van der Waals surface area contributed by atoms with E-state index in [4.69, 9.17) is 9.16 Å². The Morgan fingerprint density at radius 3 is 2.25 bits per heavy atom. The summed E-state index contributed by atoms with van der Waals surface area (Å²) in [5, 5.41) is 0. The fourth-order valence-corrected chi connectivity index (χ4v) is 3.19. The highest BCUT2D eigenvalue weighted by atomic mass is 28.4. The van der Waals surface area contributed by atoms with E-state index in [1.807, 2.05) is 13.0 Å². The molecule has 0 saturated heterocycles. The van der Waals surface area contributed by atoms with Crippen LogP contribution >= 0.6 is 0 Å². The zero-order valence-electron chi connectivity index (χ0n) is 17.0. The molecule has 0 heterocycles. The molecule has 24 heavy (non-hydrogen) atoms. The van der Waals surface area contributed by atoms with Crippen LogP contribution in [0.1, 0.15) is 53.4 Å². The lowest BCUT2D eigenvalue weighted by molar-refractivity contribution is 0.181. The number of unbranched alkanes of at least 4 members (excludes halogenated alkanes) is 1. The summed E-state index contributed by atoms with van der Waals surface area (Å²) in [7, 11) is 0.127. The van der Waals surface area contributed by atoms with Crippen molar-refractivity contribution in [3.8, 4) is 11.8 Å². The summed E-state index contributed by atoms with van der Waals surface area (Å²) in [5.74, 6) is 7.29. The summed E-state index contributed by atoms with van der Waals surface area (Å²) in [4.78, 5) is 0. The van der Waals surface area contributed by atoms with E-state index in [9.17, 15) is 0 Å². The molecule has 0 N–H and O–H groups in total. The molecule has 0 aromatic rings. The largest absolute Gasteiger partial charge is 0.548 e. The van der Waals surface area contributed by atoms with Gasteiger partial charge in [0, 0.05) is 13.5 Å². The molecule has 0 aromatic heterocycles. The van der Waals surface area contributed by atoms with Crippen LogP contribution < -0.4 is 0 Å². The van der Waals surface area contributed by atoms with Gasteiger partial charge in [0.05, 0.1) is 5.76 Å². The van der Waals surface area contributed by atoms with Crippen molar-refractivity contribution < 1.29 is 9.16 Å². The number of methoxy groups -OCH3 is 1. The summed E-state index contributed by atoms with van der Waals surface area (Å²) < 4.78 is 11.3. The predicted octanol–water partition coefficient (Wildman–Crippen LogP) is 6.23. The van der Waals surface area contributed by atoms with Crippen molar-refractivity contribution >= 4 is 8.32 Å². The molecule has 0 saturated carbocycles. The molecule has 0 aliphatic carbocycles. The Labute approximate surface area is 151 Å². The van der Waals surface area contributed by atoms with Crippen LogP contribution in [0.3, 0.4) is 0 Å². The fourth-order valence-electron chi connectivity index (χ4n) is 2.15. The molecular weight excluding hydrogens is 312 g/mol. The van der Waals surface area contributed by atoms with Gasteiger partial charge in [-0.25, -0.2) is 0 Å². The van der Waals surface area contributed by atoms with Crippen molar-refractivity contribution in [3.63, 3.8) is 0 Å². The Kier molecular flexibility index (Phi) is 11.5. The first-order chi connectivity index (χ1) is 11.1. The van der Waals surface area contributed by atoms with Gasteiger partial charge in [-0.15, -0.1) is 0 Å². The van der Waals surface area contributed by atoms with E-state index in [1.165, 1.54) is 11.1 Å². The van der Waals surface area contributed by atoms with Gasteiger partial charge in [-0.05, 0) is 72.7 Å². The number of allylic oxidation sites excluding steroid dienone is 5. The van der Waals surface area contributed by atoms with Crippen molar-refractivity contribution in [1.29, 1.82) is 0 Å². The van der Waals surface area contributed by atoms with Gasteiger partial charge in [-0.1, -0.05) is 35.1 Å². The third-order valence-electron chi connectivity index (χ3n) is 3.20. The maximum Gasteiger partial charge on any atom is 0.241 e. The van der Waals surface area contributed by atoms with Crippen molar-refractivity contribution in [3.05, 3.63) is 35.1 Å². The number of hydrogen-bond donors (Lipinski definition) is 0. The third kappa shape index (κ3) is 14.4. The summed E-state index contributed by atoms with van der Waals surface area (Å²) in [6.07, 6.45) is 10.5. The molecule has 0 aromatic carbocycles. The van der Waals surface area contributed by atoms with E-state index in [1.54, 1.807) is 7.11 Å². The second kappa shape index (κ2) is 12.2. The van der Waals surface area contributed by atoms with Gasteiger partial charge in [0.1, 0.15) is 6.10 Å². The molecule has 1 atom stereocenters. The van der Waals surface area contributed by atoms with Gasteiger partial charge in [0.25, 0.3) is 0 Å². The van der Waals surface area contributed by atoms with E-state index in [-0.39, 0.29) is 6.10 Å². The van der Waals surface area contributed by atoms with Gasteiger partial charge in [0.2, 0.25) is 8.32 Å². The second-order valence-electron chi connectivity index (χ2n) is 7.38. The zero-order chi connectivity index (χ0) is 18.6. The van der Waals surface area contributed by atoms with Crippen LogP contribution in [0.4, 0.5) is 0 Å².